The first-order valence-electron chi connectivity index (χ1n) is 9.30. The third-order valence-corrected chi connectivity index (χ3v) is 4.92. The number of carbonyl (C=O) groups excluding carboxylic acids is 2. The molecule has 0 saturated carbocycles. The van der Waals surface area contributed by atoms with E-state index in [1.807, 2.05) is 41.9 Å². The van der Waals surface area contributed by atoms with Crippen LogP contribution >= 0.6 is 0 Å². The van der Waals surface area contributed by atoms with Crippen LogP contribution in [0.3, 0.4) is 0 Å². The Hall–Kier alpha value is -2.74. The molecule has 0 bridgehead atoms. The molecule has 1 aromatic heterocycles. The Morgan fingerprint density at radius 1 is 1.26 bits per heavy atom. The van der Waals surface area contributed by atoms with E-state index in [0.29, 0.717) is 12.2 Å². The van der Waals surface area contributed by atoms with Crippen LogP contribution in [0.1, 0.15) is 47.1 Å². The van der Waals surface area contributed by atoms with Crippen LogP contribution in [0.25, 0.3) is 0 Å². The molecule has 0 unspecified atom stereocenters. The van der Waals surface area contributed by atoms with Crippen molar-refractivity contribution in [2.45, 2.75) is 38.8 Å². The maximum absolute atomic E-state index is 13.1. The summed E-state index contributed by atoms with van der Waals surface area (Å²) < 4.78 is 1.86. The fraction of sp³-hybridized carbons (Fsp3) is 0.474. The molecule has 3 N–H and O–H groups in total. The predicted octanol–water partition coefficient (Wildman–Crippen LogP) is 1.03. The molecule has 144 valence electrons. The van der Waals surface area contributed by atoms with Crippen molar-refractivity contribution in [2.24, 2.45) is 5.73 Å². The molecule has 0 spiro atoms. The molecule has 1 saturated heterocycles. The monoisotopic (exact) mass is 370 g/mol. The number of nitrogens with zero attached hydrogens (tertiary/aromatic N) is 4. The molecule has 3 rings (SSSR count). The number of nitrogens with two attached hydrogens (primary N) is 1. The van der Waals surface area contributed by atoms with Gasteiger partial charge in [0, 0.05) is 19.5 Å². The van der Waals surface area contributed by atoms with Crippen LogP contribution in [0, 0.1) is 6.92 Å². The Kier molecular flexibility index (Phi) is 6.18. The number of hydrogen-bond acceptors (Lipinski definition) is 5. The second-order valence-corrected chi connectivity index (χ2v) is 6.88. The SMILES string of the molecule is Cc1c(C(=O)N(CCC(N)=O)Cc2ccccc2)nnn1C1CCNCC1. The topological polar surface area (TPSA) is 106 Å². The van der Waals surface area contributed by atoms with Gasteiger partial charge in [-0.05, 0) is 38.4 Å². The summed E-state index contributed by atoms with van der Waals surface area (Å²) in [5, 5.41) is 11.7. The van der Waals surface area contributed by atoms with E-state index < -0.39 is 5.91 Å². The lowest BCUT2D eigenvalue weighted by Gasteiger charge is -2.24. The number of hydrogen-bond donors (Lipinski definition) is 2. The lowest BCUT2D eigenvalue weighted by molar-refractivity contribution is -0.118. The number of benzene rings is 1. The second-order valence-electron chi connectivity index (χ2n) is 6.88. The third-order valence-electron chi connectivity index (χ3n) is 4.92. The van der Waals surface area contributed by atoms with E-state index in [2.05, 4.69) is 15.6 Å². The molecule has 0 atom stereocenters. The quantitative estimate of drug-likeness (QED) is 0.757. The Balaban J connectivity index is 1.80. The molecule has 8 nitrogen and oxygen atoms in total. The summed E-state index contributed by atoms with van der Waals surface area (Å²) in [4.78, 5) is 26.0. The van der Waals surface area contributed by atoms with Crippen molar-refractivity contribution in [3.8, 4) is 0 Å². The largest absolute Gasteiger partial charge is 0.370 e. The molecule has 1 fully saturated rings. The minimum absolute atomic E-state index is 0.111. The molecule has 1 aliphatic heterocycles. The lowest BCUT2D eigenvalue weighted by atomic mass is 10.1. The van der Waals surface area contributed by atoms with Crippen LogP contribution in [-0.2, 0) is 11.3 Å². The van der Waals surface area contributed by atoms with Gasteiger partial charge in [0.1, 0.15) is 0 Å². The van der Waals surface area contributed by atoms with Gasteiger partial charge >= 0.3 is 0 Å². The average Bonchev–Trinajstić information content (AvgIpc) is 3.07. The van der Waals surface area contributed by atoms with Gasteiger partial charge in [-0.25, -0.2) is 4.68 Å². The number of piperidine rings is 1. The summed E-state index contributed by atoms with van der Waals surface area (Å²) in [7, 11) is 0. The molecule has 2 heterocycles. The second kappa shape index (κ2) is 8.77. The van der Waals surface area contributed by atoms with Crippen LogP contribution in [0.15, 0.2) is 30.3 Å². The highest BCUT2D eigenvalue weighted by molar-refractivity contribution is 5.93. The highest BCUT2D eigenvalue weighted by Crippen LogP contribution is 2.21. The van der Waals surface area contributed by atoms with E-state index in [-0.39, 0.29) is 24.9 Å². The van der Waals surface area contributed by atoms with Gasteiger partial charge in [-0.15, -0.1) is 5.10 Å². The zero-order chi connectivity index (χ0) is 19.2. The summed E-state index contributed by atoms with van der Waals surface area (Å²) in [6.07, 6.45) is 2.04. The Bertz CT molecular complexity index is 783. The number of amides is 2. The van der Waals surface area contributed by atoms with Crippen molar-refractivity contribution in [3.05, 3.63) is 47.3 Å². The standard InChI is InChI=1S/C19H26N6O2/c1-14-18(22-23-25(14)16-7-10-21-11-8-16)19(27)24(12-9-17(20)26)13-15-5-3-2-4-6-15/h2-6,16,21H,7-13H2,1H3,(H2,20,26). The average molecular weight is 370 g/mol. The molecule has 2 aromatic rings. The van der Waals surface area contributed by atoms with Crippen molar-refractivity contribution >= 4 is 11.8 Å². The smallest absolute Gasteiger partial charge is 0.276 e. The zero-order valence-corrected chi connectivity index (χ0v) is 15.6. The minimum atomic E-state index is -0.434. The number of carbonyl (C=O) groups is 2. The summed E-state index contributed by atoms with van der Waals surface area (Å²) in [5.74, 6) is -0.659. The number of rotatable bonds is 7. The van der Waals surface area contributed by atoms with E-state index in [1.54, 1.807) is 4.90 Å². The van der Waals surface area contributed by atoms with E-state index in [4.69, 9.17) is 5.73 Å². The van der Waals surface area contributed by atoms with Crippen LogP contribution in [0.5, 0.6) is 0 Å². The van der Waals surface area contributed by atoms with Crippen molar-refractivity contribution in [1.82, 2.24) is 25.2 Å². The number of primary amides is 1. The molecular formula is C19H26N6O2. The summed E-state index contributed by atoms with van der Waals surface area (Å²) in [6, 6.07) is 9.92. The van der Waals surface area contributed by atoms with Gasteiger partial charge in [0.25, 0.3) is 5.91 Å². The lowest BCUT2D eigenvalue weighted by Crippen LogP contribution is -2.34. The third kappa shape index (κ3) is 4.71. The maximum Gasteiger partial charge on any atom is 0.276 e. The molecule has 1 aromatic carbocycles. The van der Waals surface area contributed by atoms with Crippen molar-refractivity contribution < 1.29 is 9.59 Å². The summed E-state index contributed by atoms with van der Waals surface area (Å²) in [5.41, 5.74) is 7.38. The Labute approximate surface area is 158 Å². The van der Waals surface area contributed by atoms with Crippen molar-refractivity contribution in [1.29, 1.82) is 0 Å². The molecule has 8 heteroatoms. The minimum Gasteiger partial charge on any atom is -0.370 e. The highest BCUT2D eigenvalue weighted by Gasteiger charge is 2.26. The van der Waals surface area contributed by atoms with Crippen molar-refractivity contribution in [2.75, 3.05) is 19.6 Å². The Morgan fingerprint density at radius 2 is 1.96 bits per heavy atom. The molecule has 2 amide bonds. The van der Waals surface area contributed by atoms with Gasteiger partial charge in [0.2, 0.25) is 5.91 Å². The van der Waals surface area contributed by atoms with E-state index in [1.165, 1.54) is 0 Å². The highest BCUT2D eigenvalue weighted by atomic mass is 16.2. The molecular weight excluding hydrogens is 344 g/mol. The van der Waals surface area contributed by atoms with Crippen LogP contribution in [0.4, 0.5) is 0 Å². The molecule has 1 aliphatic rings. The van der Waals surface area contributed by atoms with Gasteiger partial charge in [-0.2, -0.15) is 0 Å². The molecule has 0 radical (unpaired) electrons. The Morgan fingerprint density at radius 3 is 2.63 bits per heavy atom. The van der Waals surface area contributed by atoms with Crippen LogP contribution < -0.4 is 11.1 Å². The molecule has 27 heavy (non-hydrogen) atoms. The van der Waals surface area contributed by atoms with Gasteiger partial charge in [-0.1, -0.05) is 35.5 Å². The first-order chi connectivity index (χ1) is 13.1. The first-order valence-corrected chi connectivity index (χ1v) is 9.30. The summed E-state index contributed by atoms with van der Waals surface area (Å²) >= 11 is 0. The summed E-state index contributed by atoms with van der Waals surface area (Å²) in [6.45, 7) is 4.40. The van der Waals surface area contributed by atoms with Gasteiger partial charge in [0.05, 0.1) is 11.7 Å². The van der Waals surface area contributed by atoms with Gasteiger partial charge < -0.3 is 16.0 Å². The number of aromatic nitrogens is 3. The van der Waals surface area contributed by atoms with Crippen LogP contribution in [0.2, 0.25) is 0 Å². The predicted molar refractivity (Wildman–Crippen MR) is 101 cm³/mol. The first kappa shape index (κ1) is 19.0. The van der Waals surface area contributed by atoms with E-state index in [0.717, 1.165) is 37.2 Å². The molecule has 0 aliphatic carbocycles. The van der Waals surface area contributed by atoms with E-state index in [9.17, 15) is 9.59 Å². The number of nitrogens with one attached hydrogen (secondary N) is 1. The van der Waals surface area contributed by atoms with E-state index >= 15 is 0 Å². The van der Waals surface area contributed by atoms with Gasteiger partial charge in [0.15, 0.2) is 5.69 Å². The zero-order valence-electron chi connectivity index (χ0n) is 15.6. The maximum atomic E-state index is 13.1. The van der Waals surface area contributed by atoms with Crippen molar-refractivity contribution in [3.63, 3.8) is 0 Å². The van der Waals surface area contributed by atoms with Crippen LogP contribution in [-0.4, -0.2) is 51.3 Å². The normalized spacial score (nSPS) is 14.9. The van der Waals surface area contributed by atoms with Gasteiger partial charge in [-0.3, -0.25) is 9.59 Å². The fourth-order valence-corrected chi connectivity index (χ4v) is 3.39. The fourth-order valence-electron chi connectivity index (χ4n) is 3.39.